The molecule has 1 N–H and O–H groups in total. The van der Waals surface area contributed by atoms with Crippen LogP contribution in [0.3, 0.4) is 0 Å². The molecule has 0 aliphatic heterocycles. The van der Waals surface area contributed by atoms with Crippen molar-refractivity contribution in [1.29, 1.82) is 0 Å². The summed E-state index contributed by atoms with van der Waals surface area (Å²) in [6.45, 7) is 3.99. The monoisotopic (exact) mass is 341 g/mol. The SMILES string of the molecule is Cc1nc(N=N/C(=N/Nc2ccccc2)c2cccs2)sc1C. The van der Waals surface area contributed by atoms with E-state index < -0.39 is 0 Å². The van der Waals surface area contributed by atoms with E-state index in [1.54, 1.807) is 11.3 Å². The number of hydrogen-bond donors (Lipinski definition) is 1. The molecule has 2 heterocycles. The number of anilines is 1. The number of nitrogens with zero attached hydrogens (tertiary/aromatic N) is 4. The number of benzene rings is 1. The molecule has 0 radical (unpaired) electrons. The molecular formula is C16H15N5S2. The molecule has 2 aromatic heterocycles. The largest absolute Gasteiger partial charge is 0.276 e. The van der Waals surface area contributed by atoms with E-state index in [9.17, 15) is 0 Å². The van der Waals surface area contributed by atoms with Crippen LogP contribution in [0.5, 0.6) is 0 Å². The summed E-state index contributed by atoms with van der Waals surface area (Å²) in [5.74, 6) is 0.536. The number of amidine groups is 1. The number of aromatic nitrogens is 1. The molecule has 0 aliphatic carbocycles. The number of para-hydroxylation sites is 1. The lowest BCUT2D eigenvalue weighted by molar-refractivity contribution is 1.16. The van der Waals surface area contributed by atoms with Crippen molar-refractivity contribution >= 4 is 39.3 Å². The Kier molecular flexibility index (Phi) is 4.89. The van der Waals surface area contributed by atoms with Gasteiger partial charge in [0.05, 0.1) is 16.3 Å². The minimum atomic E-state index is 0.536. The van der Waals surface area contributed by atoms with Crippen LogP contribution in [0.25, 0.3) is 0 Å². The number of thiophene rings is 1. The molecule has 1 aromatic carbocycles. The molecule has 0 fully saturated rings. The summed E-state index contributed by atoms with van der Waals surface area (Å²) in [4.78, 5) is 6.46. The van der Waals surface area contributed by atoms with Crippen molar-refractivity contribution in [2.45, 2.75) is 13.8 Å². The second-order valence-electron chi connectivity index (χ2n) is 4.73. The zero-order chi connectivity index (χ0) is 16.1. The first kappa shape index (κ1) is 15.5. The number of aryl methyl sites for hydroxylation is 2. The van der Waals surface area contributed by atoms with E-state index in [4.69, 9.17) is 0 Å². The van der Waals surface area contributed by atoms with Crippen molar-refractivity contribution in [3.8, 4) is 0 Å². The van der Waals surface area contributed by atoms with E-state index in [2.05, 4.69) is 25.7 Å². The lowest BCUT2D eigenvalue weighted by atomic mass is 10.3. The first-order chi connectivity index (χ1) is 11.2. The van der Waals surface area contributed by atoms with Crippen LogP contribution in [0.15, 0.2) is 63.2 Å². The molecular weight excluding hydrogens is 326 g/mol. The smallest absolute Gasteiger partial charge is 0.230 e. The topological polar surface area (TPSA) is 62.0 Å². The average Bonchev–Trinajstić information content (AvgIpc) is 3.19. The summed E-state index contributed by atoms with van der Waals surface area (Å²) in [6.07, 6.45) is 0. The van der Waals surface area contributed by atoms with Crippen molar-refractivity contribution in [2.75, 3.05) is 5.43 Å². The summed E-state index contributed by atoms with van der Waals surface area (Å²) in [7, 11) is 0. The van der Waals surface area contributed by atoms with Gasteiger partial charge in [0.15, 0.2) is 0 Å². The van der Waals surface area contributed by atoms with Gasteiger partial charge in [-0.15, -0.1) is 21.6 Å². The molecule has 0 amide bonds. The van der Waals surface area contributed by atoms with E-state index in [0.29, 0.717) is 11.0 Å². The van der Waals surface area contributed by atoms with Gasteiger partial charge in [0.1, 0.15) is 0 Å². The van der Waals surface area contributed by atoms with Gasteiger partial charge in [0.2, 0.25) is 11.0 Å². The van der Waals surface area contributed by atoms with Gasteiger partial charge in [-0.05, 0) is 37.4 Å². The lowest BCUT2D eigenvalue weighted by Crippen LogP contribution is -1.98. The summed E-state index contributed by atoms with van der Waals surface area (Å²) >= 11 is 3.09. The Morgan fingerprint density at radius 1 is 1.09 bits per heavy atom. The third-order valence-corrected chi connectivity index (χ3v) is 4.88. The number of rotatable bonds is 4. The summed E-state index contributed by atoms with van der Waals surface area (Å²) in [6, 6.07) is 13.7. The van der Waals surface area contributed by atoms with Crippen LogP contribution in [0, 0.1) is 13.8 Å². The highest BCUT2D eigenvalue weighted by atomic mass is 32.1. The normalized spacial score (nSPS) is 12.0. The van der Waals surface area contributed by atoms with Gasteiger partial charge in [-0.25, -0.2) is 4.98 Å². The van der Waals surface area contributed by atoms with Crippen LogP contribution in [-0.4, -0.2) is 10.8 Å². The van der Waals surface area contributed by atoms with E-state index in [-0.39, 0.29) is 0 Å². The molecule has 0 spiro atoms. The fourth-order valence-electron chi connectivity index (χ4n) is 1.75. The summed E-state index contributed by atoms with van der Waals surface area (Å²) in [5.41, 5.74) is 4.90. The van der Waals surface area contributed by atoms with Crippen molar-refractivity contribution < 1.29 is 0 Å². The first-order valence-electron chi connectivity index (χ1n) is 7.01. The molecule has 7 heteroatoms. The van der Waals surface area contributed by atoms with E-state index in [1.807, 2.05) is 61.7 Å². The summed E-state index contributed by atoms with van der Waals surface area (Å²) in [5, 5.41) is 15.5. The fourth-order valence-corrected chi connectivity index (χ4v) is 3.14. The van der Waals surface area contributed by atoms with Gasteiger partial charge in [-0.3, -0.25) is 5.43 Å². The van der Waals surface area contributed by atoms with Crippen LogP contribution in [0.2, 0.25) is 0 Å². The molecule has 0 bridgehead atoms. The van der Waals surface area contributed by atoms with E-state index in [0.717, 1.165) is 21.1 Å². The number of nitrogens with one attached hydrogen (secondary N) is 1. The molecule has 3 aromatic rings. The Balaban J connectivity index is 1.84. The Labute approximate surface area is 142 Å². The lowest BCUT2D eigenvalue weighted by Gasteiger charge is -2.00. The quantitative estimate of drug-likeness (QED) is 0.300. The maximum absolute atomic E-state index is 4.37. The number of thiazole rings is 1. The molecule has 0 aliphatic rings. The zero-order valence-corrected chi connectivity index (χ0v) is 14.4. The first-order valence-corrected chi connectivity index (χ1v) is 8.70. The third kappa shape index (κ3) is 4.08. The Hall–Kier alpha value is -2.38. The van der Waals surface area contributed by atoms with Gasteiger partial charge < -0.3 is 0 Å². The molecule has 23 heavy (non-hydrogen) atoms. The fraction of sp³-hybridized carbons (Fsp3) is 0.125. The average molecular weight is 341 g/mol. The zero-order valence-electron chi connectivity index (χ0n) is 12.7. The van der Waals surface area contributed by atoms with Crippen LogP contribution in [-0.2, 0) is 0 Å². The molecule has 0 saturated heterocycles. The van der Waals surface area contributed by atoms with E-state index in [1.165, 1.54) is 11.3 Å². The highest BCUT2D eigenvalue weighted by Gasteiger charge is 2.06. The standard InChI is InChI=1S/C16H15N5S2/c1-11-12(2)23-16(17-11)21-20-15(14-9-6-10-22-14)19-18-13-7-4-3-5-8-13/h3-10,18H,1-2H3/b19-15+,21-20?. The van der Waals surface area contributed by atoms with Crippen molar-refractivity contribution in [2.24, 2.45) is 15.3 Å². The van der Waals surface area contributed by atoms with Gasteiger partial charge in [-0.2, -0.15) is 5.10 Å². The van der Waals surface area contributed by atoms with Crippen molar-refractivity contribution in [1.82, 2.24) is 4.98 Å². The molecule has 0 saturated carbocycles. The van der Waals surface area contributed by atoms with Crippen LogP contribution in [0.4, 0.5) is 10.8 Å². The maximum Gasteiger partial charge on any atom is 0.230 e. The molecule has 116 valence electrons. The van der Waals surface area contributed by atoms with Crippen LogP contribution < -0.4 is 5.43 Å². The second kappa shape index (κ2) is 7.26. The predicted molar refractivity (Wildman–Crippen MR) is 97.0 cm³/mol. The van der Waals surface area contributed by atoms with Crippen molar-refractivity contribution in [3.63, 3.8) is 0 Å². The van der Waals surface area contributed by atoms with E-state index >= 15 is 0 Å². The molecule has 0 unspecified atom stereocenters. The van der Waals surface area contributed by atoms with Gasteiger partial charge >= 0.3 is 0 Å². The molecule has 0 atom stereocenters. The molecule has 5 nitrogen and oxygen atoms in total. The Morgan fingerprint density at radius 2 is 1.91 bits per heavy atom. The number of hydrazone groups is 1. The predicted octanol–water partition coefficient (Wildman–Crippen LogP) is 5.38. The van der Waals surface area contributed by atoms with Crippen molar-refractivity contribution in [3.05, 3.63) is 63.3 Å². The Morgan fingerprint density at radius 3 is 2.57 bits per heavy atom. The number of hydrogen-bond acceptors (Lipinski definition) is 6. The van der Waals surface area contributed by atoms with Gasteiger partial charge in [0.25, 0.3) is 0 Å². The Bertz CT molecular complexity index is 800. The minimum Gasteiger partial charge on any atom is -0.276 e. The third-order valence-electron chi connectivity index (χ3n) is 3.05. The number of azo groups is 1. The van der Waals surface area contributed by atoms with Gasteiger partial charge in [0, 0.05) is 4.88 Å². The second-order valence-corrected chi connectivity index (χ2v) is 6.86. The maximum atomic E-state index is 4.37. The molecule has 3 rings (SSSR count). The van der Waals surface area contributed by atoms with Crippen LogP contribution in [0.1, 0.15) is 15.4 Å². The minimum absolute atomic E-state index is 0.536. The highest BCUT2D eigenvalue weighted by Crippen LogP contribution is 2.24. The summed E-state index contributed by atoms with van der Waals surface area (Å²) < 4.78 is 0. The highest BCUT2D eigenvalue weighted by molar-refractivity contribution is 7.15. The van der Waals surface area contributed by atoms with Gasteiger partial charge in [-0.1, -0.05) is 35.6 Å². The van der Waals surface area contributed by atoms with Crippen LogP contribution >= 0.6 is 22.7 Å².